The molecule has 1 aromatic rings. The molecular formula is C15H26N2O. The van der Waals surface area contributed by atoms with E-state index in [9.17, 15) is 0 Å². The third-order valence-electron chi connectivity index (χ3n) is 3.03. The van der Waals surface area contributed by atoms with Gasteiger partial charge in [-0.3, -0.25) is 4.98 Å². The van der Waals surface area contributed by atoms with Crippen LogP contribution in [0.2, 0.25) is 0 Å². The van der Waals surface area contributed by atoms with Crippen molar-refractivity contribution in [3.63, 3.8) is 0 Å². The van der Waals surface area contributed by atoms with Crippen LogP contribution in [-0.2, 0) is 0 Å². The molecule has 0 fully saturated rings. The van der Waals surface area contributed by atoms with E-state index in [0.29, 0.717) is 0 Å². The monoisotopic (exact) mass is 250 g/mol. The molecule has 1 heterocycles. The Balaban J connectivity index is 2.32. The van der Waals surface area contributed by atoms with Gasteiger partial charge in [-0.25, -0.2) is 0 Å². The Kier molecular flexibility index (Phi) is 6.73. The molecule has 0 bridgehead atoms. The summed E-state index contributed by atoms with van der Waals surface area (Å²) in [6, 6.07) is 3.86. The lowest BCUT2D eigenvalue weighted by Crippen LogP contribution is -2.12. The number of aromatic nitrogens is 1. The average Bonchev–Trinajstić information content (AvgIpc) is 2.35. The van der Waals surface area contributed by atoms with Gasteiger partial charge in [-0.1, -0.05) is 26.2 Å². The van der Waals surface area contributed by atoms with Gasteiger partial charge in [-0.05, 0) is 38.8 Å². The molecule has 2 N–H and O–H groups in total. The molecule has 3 heteroatoms. The standard InChI is InChI=1S/C15H26N2O/c1-4-5-6-7-8-12(2)18-14-9-10-15(13(3)16)17-11-14/h9-13H,4-8,16H2,1-3H3/t12?,13-/m1/s1. The minimum absolute atomic E-state index is 0.0227. The van der Waals surface area contributed by atoms with Crippen LogP contribution in [0.4, 0.5) is 0 Å². The molecule has 0 saturated heterocycles. The lowest BCUT2D eigenvalue weighted by molar-refractivity contribution is 0.205. The first-order valence-electron chi connectivity index (χ1n) is 7.01. The number of hydrogen-bond donors (Lipinski definition) is 1. The Bertz CT molecular complexity index is 322. The second-order valence-electron chi connectivity index (χ2n) is 4.99. The summed E-state index contributed by atoms with van der Waals surface area (Å²) in [5.74, 6) is 0.836. The Morgan fingerprint density at radius 3 is 2.56 bits per heavy atom. The molecule has 0 aliphatic heterocycles. The summed E-state index contributed by atoms with van der Waals surface area (Å²) in [5, 5.41) is 0. The third kappa shape index (κ3) is 5.50. The quantitative estimate of drug-likeness (QED) is 0.713. The second kappa shape index (κ2) is 8.09. The molecule has 0 amide bonds. The van der Waals surface area contributed by atoms with Gasteiger partial charge in [0.15, 0.2) is 0 Å². The van der Waals surface area contributed by atoms with Gasteiger partial charge >= 0.3 is 0 Å². The summed E-state index contributed by atoms with van der Waals surface area (Å²) in [5.41, 5.74) is 6.66. The number of nitrogens with zero attached hydrogens (tertiary/aromatic N) is 1. The first kappa shape index (κ1) is 15.0. The van der Waals surface area contributed by atoms with Gasteiger partial charge < -0.3 is 10.5 Å². The van der Waals surface area contributed by atoms with Gasteiger partial charge in [0.1, 0.15) is 5.75 Å². The summed E-state index contributed by atoms with van der Waals surface area (Å²) in [6.07, 6.45) is 8.25. The molecule has 1 rings (SSSR count). The van der Waals surface area contributed by atoms with Crippen molar-refractivity contribution < 1.29 is 4.74 Å². The van der Waals surface area contributed by atoms with Crippen molar-refractivity contribution in [3.8, 4) is 5.75 Å². The maximum absolute atomic E-state index is 5.83. The van der Waals surface area contributed by atoms with Crippen LogP contribution < -0.4 is 10.5 Å². The summed E-state index contributed by atoms with van der Waals surface area (Å²) in [6.45, 7) is 6.27. The molecule has 18 heavy (non-hydrogen) atoms. The summed E-state index contributed by atoms with van der Waals surface area (Å²) >= 11 is 0. The zero-order valence-electron chi connectivity index (χ0n) is 11.9. The van der Waals surface area contributed by atoms with Crippen LogP contribution in [0.25, 0.3) is 0 Å². The van der Waals surface area contributed by atoms with E-state index in [0.717, 1.165) is 17.9 Å². The van der Waals surface area contributed by atoms with Crippen LogP contribution in [0.1, 0.15) is 64.6 Å². The first-order valence-corrected chi connectivity index (χ1v) is 7.01. The highest BCUT2D eigenvalue weighted by molar-refractivity contribution is 5.21. The number of nitrogens with two attached hydrogens (primary N) is 1. The Morgan fingerprint density at radius 1 is 1.22 bits per heavy atom. The van der Waals surface area contributed by atoms with E-state index in [1.807, 2.05) is 19.1 Å². The minimum atomic E-state index is -0.0227. The van der Waals surface area contributed by atoms with Gasteiger partial charge in [-0.2, -0.15) is 0 Å². The van der Waals surface area contributed by atoms with Crippen molar-refractivity contribution in [2.24, 2.45) is 5.73 Å². The molecule has 0 spiro atoms. The molecule has 0 aromatic carbocycles. The van der Waals surface area contributed by atoms with Crippen molar-refractivity contribution in [2.45, 2.75) is 65.0 Å². The predicted molar refractivity (Wildman–Crippen MR) is 75.7 cm³/mol. The van der Waals surface area contributed by atoms with Crippen LogP contribution in [0.3, 0.4) is 0 Å². The van der Waals surface area contributed by atoms with Crippen molar-refractivity contribution in [1.82, 2.24) is 4.98 Å². The fraction of sp³-hybridized carbons (Fsp3) is 0.667. The molecular weight excluding hydrogens is 224 g/mol. The fourth-order valence-corrected chi connectivity index (χ4v) is 1.88. The van der Waals surface area contributed by atoms with Crippen LogP contribution in [-0.4, -0.2) is 11.1 Å². The lowest BCUT2D eigenvalue weighted by Gasteiger charge is -2.14. The average molecular weight is 250 g/mol. The highest BCUT2D eigenvalue weighted by Crippen LogP contribution is 2.16. The fourth-order valence-electron chi connectivity index (χ4n) is 1.88. The maximum atomic E-state index is 5.83. The van der Waals surface area contributed by atoms with E-state index in [1.54, 1.807) is 6.20 Å². The normalized spacial score (nSPS) is 14.2. The highest BCUT2D eigenvalue weighted by atomic mass is 16.5. The SMILES string of the molecule is CCCCCCC(C)Oc1ccc([C@@H](C)N)nc1. The topological polar surface area (TPSA) is 48.1 Å². The molecule has 0 saturated carbocycles. The van der Waals surface area contributed by atoms with Crippen LogP contribution in [0.5, 0.6) is 5.75 Å². The largest absolute Gasteiger partial charge is 0.489 e. The first-order chi connectivity index (χ1) is 8.63. The molecule has 102 valence electrons. The van der Waals surface area contributed by atoms with Crippen molar-refractivity contribution >= 4 is 0 Å². The zero-order chi connectivity index (χ0) is 13.4. The van der Waals surface area contributed by atoms with E-state index in [4.69, 9.17) is 10.5 Å². The van der Waals surface area contributed by atoms with Gasteiger partial charge in [0.2, 0.25) is 0 Å². The van der Waals surface area contributed by atoms with Crippen LogP contribution in [0.15, 0.2) is 18.3 Å². The van der Waals surface area contributed by atoms with E-state index < -0.39 is 0 Å². The number of pyridine rings is 1. The zero-order valence-corrected chi connectivity index (χ0v) is 11.9. The van der Waals surface area contributed by atoms with Crippen molar-refractivity contribution in [2.75, 3.05) is 0 Å². The number of unbranched alkanes of at least 4 members (excludes halogenated alkanes) is 3. The molecule has 0 aliphatic carbocycles. The molecule has 0 radical (unpaired) electrons. The number of rotatable bonds is 8. The van der Waals surface area contributed by atoms with Gasteiger partial charge in [0.25, 0.3) is 0 Å². The molecule has 2 atom stereocenters. The third-order valence-corrected chi connectivity index (χ3v) is 3.03. The van der Waals surface area contributed by atoms with Crippen LogP contribution >= 0.6 is 0 Å². The Hall–Kier alpha value is -1.09. The van der Waals surface area contributed by atoms with E-state index in [-0.39, 0.29) is 12.1 Å². The number of ether oxygens (including phenoxy) is 1. The number of hydrogen-bond acceptors (Lipinski definition) is 3. The van der Waals surface area contributed by atoms with Crippen LogP contribution in [0, 0.1) is 0 Å². The Labute approximate surface area is 111 Å². The highest BCUT2D eigenvalue weighted by Gasteiger charge is 2.05. The minimum Gasteiger partial charge on any atom is -0.489 e. The molecule has 3 nitrogen and oxygen atoms in total. The Morgan fingerprint density at radius 2 is 2.00 bits per heavy atom. The molecule has 0 aliphatic rings. The molecule has 1 aromatic heterocycles. The van der Waals surface area contributed by atoms with Gasteiger partial charge in [0.05, 0.1) is 18.0 Å². The maximum Gasteiger partial charge on any atom is 0.138 e. The second-order valence-corrected chi connectivity index (χ2v) is 4.99. The van der Waals surface area contributed by atoms with E-state index in [2.05, 4.69) is 18.8 Å². The summed E-state index contributed by atoms with van der Waals surface area (Å²) < 4.78 is 5.83. The lowest BCUT2D eigenvalue weighted by atomic mass is 10.1. The smallest absolute Gasteiger partial charge is 0.138 e. The van der Waals surface area contributed by atoms with E-state index in [1.165, 1.54) is 25.7 Å². The van der Waals surface area contributed by atoms with Crippen molar-refractivity contribution in [3.05, 3.63) is 24.0 Å². The van der Waals surface area contributed by atoms with E-state index >= 15 is 0 Å². The predicted octanol–water partition coefficient (Wildman–Crippen LogP) is 3.84. The molecule has 1 unspecified atom stereocenters. The summed E-state index contributed by atoms with van der Waals surface area (Å²) in [4.78, 5) is 4.29. The summed E-state index contributed by atoms with van der Waals surface area (Å²) in [7, 11) is 0. The van der Waals surface area contributed by atoms with Gasteiger partial charge in [-0.15, -0.1) is 0 Å². The van der Waals surface area contributed by atoms with Gasteiger partial charge in [0, 0.05) is 6.04 Å². The van der Waals surface area contributed by atoms with Crippen molar-refractivity contribution in [1.29, 1.82) is 0 Å².